The lowest BCUT2D eigenvalue weighted by atomic mass is 9.90. The summed E-state index contributed by atoms with van der Waals surface area (Å²) in [5.74, 6) is 2.49. The molecule has 350 valence electrons. The Balaban J connectivity index is 0.905. The van der Waals surface area contributed by atoms with Gasteiger partial charge >= 0.3 is 6.09 Å². The van der Waals surface area contributed by atoms with Crippen LogP contribution in [0.4, 0.5) is 4.79 Å². The van der Waals surface area contributed by atoms with Crippen LogP contribution in [0.25, 0.3) is 44.2 Å². The number of nitrogens with zero attached hydrogens (tertiary/aromatic N) is 4. The molecule has 6 heterocycles. The number of carbonyl (C=O) groups excluding carboxylic acids is 3. The first-order valence-corrected chi connectivity index (χ1v) is 23.9. The number of nitrogens with one attached hydrogen (secondary N) is 4. The number of ether oxygens (including phenoxy) is 4. The third-order valence-corrected chi connectivity index (χ3v) is 15.4. The number of rotatable bonds is 12. The molecule has 3 aromatic carbocycles. The van der Waals surface area contributed by atoms with Crippen LogP contribution in [0.2, 0.25) is 0 Å². The van der Waals surface area contributed by atoms with E-state index in [9.17, 15) is 19.5 Å². The molecule has 0 radical (unpaired) electrons. The van der Waals surface area contributed by atoms with E-state index in [1.807, 2.05) is 18.0 Å². The van der Waals surface area contributed by atoms with Gasteiger partial charge in [-0.25, -0.2) is 14.8 Å². The molecule has 16 nitrogen and oxygen atoms in total. The third-order valence-electron chi connectivity index (χ3n) is 15.4. The molecule has 1 unspecified atom stereocenters. The summed E-state index contributed by atoms with van der Waals surface area (Å²) in [6.45, 7) is 7.63. The molecule has 0 bridgehead atoms. The van der Waals surface area contributed by atoms with Gasteiger partial charge in [0.2, 0.25) is 18.2 Å². The molecule has 3 saturated heterocycles. The van der Waals surface area contributed by atoms with Crippen LogP contribution in [0.15, 0.2) is 48.7 Å². The molecule has 2 aromatic heterocycles. The molecule has 4 fully saturated rings. The second-order valence-electron chi connectivity index (χ2n) is 19.1. The second-order valence-corrected chi connectivity index (χ2v) is 19.1. The molecule has 5 N–H and O–H groups in total. The average molecular weight is 903 g/mol. The molecule has 10 rings (SSSR count). The predicted octanol–water partition coefficient (Wildman–Crippen LogP) is 7.24. The van der Waals surface area contributed by atoms with Crippen molar-refractivity contribution in [3.63, 3.8) is 0 Å². The van der Waals surface area contributed by atoms with Gasteiger partial charge in [-0.05, 0) is 116 Å². The molecule has 16 heteroatoms. The van der Waals surface area contributed by atoms with E-state index >= 15 is 0 Å². The zero-order chi connectivity index (χ0) is 45.8. The summed E-state index contributed by atoms with van der Waals surface area (Å²) in [7, 11) is 2.74. The minimum atomic E-state index is -1.24. The van der Waals surface area contributed by atoms with E-state index in [2.05, 4.69) is 81.8 Å². The normalized spacial score (nSPS) is 24.7. The highest BCUT2D eigenvalue weighted by Gasteiger charge is 2.50. The molecule has 1 aliphatic carbocycles. The fourth-order valence-electron chi connectivity index (χ4n) is 11.6. The van der Waals surface area contributed by atoms with Crippen molar-refractivity contribution in [3.05, 3.63) is 65.9 Å². The maximum atomic E-state index is 14.5. The molecule has 5 aromatic rings. The summed E-state index contributed by atoms with van der Waals surface area (Å²) in [4.78, 5) is 62.5. The fourth-order valence-corrected chi connectivity index (χ4v) is 11.6. The molecular weight excluding hydrogens is 841 g/mol. The predicted molar refractivity (Wildman–Crippen MR) is 247 cm³/mol. The van der Waals surface area contributed by atoms with E-state index in [0.29, 0.717) is 38.6 Å². The lowest BCUT2D eigenvalue weighted by Gasteiger charge is -2.36. The number of H-pyrrole nitrogens is 2. The zero-order valence-electron chi connectivity index (χ0n) is 38.5. The summed E-state index contributed by atoms with van der Waals surface area (Å²) in [5, 5.41) is 18.3. The summed E-state index contributed by atoms with van der Waals surface area (Å²) in [6, 6.07) is 13.2. The Bertz CT molecular complexity index is 2620. The first kappa shape index (κ1) is 44.3. The number of methoxy groups -OCH3 is 2. The van der Waals surface area contributed by atoms with Crippen LogP contribution in [0, 0.1) is 17.8 Å². The minimum absolute atomic E-state index is 0.0132. The molecule has 1 saturated carbocycles. The first-order valence-electron chi connectivity index (χ1n) is 23.9. The van der Waals surface area contributed by atoms with E-state index in [1.54, 1.807) is 0 Å². The number of imidazole rings is 2. The van der Waals surface area contributed by atoms with Gasteiger partial charge in [-0.15, -0.1) is 0 Å². The Kier molecular flexibility index (Phi) is 12.3. The summed E-state index contributed by atoms with van der Waals surface area (Å²) < 4.78 is 22.1. The number of fused-ring (bicyclic) bond motifs is 7. The maximum Gasteiger partial charge on any atom is 0.407 e. The van der Waals surface area contributed by atoms with Crippen LogP contribution in [0.1, 0.15) is 108 Å². The van der Waals surface area contributed by atoms with Crippen LogP contribution in [0.5, 0.6) is 5.75 Å². The van der Waals surface area contributed by atoms with Crippen LogP contribution in [-0.2, 0) is 30.4 Å². The lowest BCUT2D eigenvalue weighted by Crippen LogP contribution is -2.55. The Morgan fingerprint density at radius 2 is 1.77 bits per heavy atom. The molecule has 9 atom stereocenters. The Labute approximate surface area is 384 Å². The third kappa shape index (κ3) is 7.98. The van der Waals surface area contributed by atoms with E-state index in [0.717, 1.165) is 112 Å². The molecule has 4 aliphatic heterocycles. The van der Waals surface area contributed by atoms with E-state index < -0.39 is 24.6 Å². The van der Waals surface area contributed by atoms with Crippen molar-refractivity contribution >= 4 is 39.7 Å². The largest absolute Gasteiger partial charge is 0.488 e. The number of amides is 3. The molecule has 3 amide bonds. The summed E-state index contributed by atoms with van der Waals surface area (Å²) in [6.07, 6.45) is 7.68. The van der Waals surface area contributed by atoms with Crippen LogP contribution < -0.4 is 15.4 Å². The molecular formula is C50H62N8O8. The van der Waals surface area contributed by atoms with Gasteiger partial charge in [0, 0.05) is 43.4 Å². The quantitative estimate of drug-likeness (QED) is 0.0792. The standard InChI is InChI=1S/C50H62N8O8/c1-6-26(2)42(55-49(61)63-4)47(59)58-38-9-7-8-31(38)22-40(58)46-52-36-14-12-29-21-35-33-13-11-30(20-32(33)25-66-41(35)23-34(29)44(36)54-46)37-24-51-45(53-37)39-15-10-27(3)57(39)48(60)43(56-50(62)64-5)28-16-18-65-19-17-28/h11-14,20-21,23-24,26-28,31,38-40,42-43,49,55,61H,6-10,15-19,22,25H2,1-5H3,(H,51,53)(H,52,54)(H,56,62)/t26-,27-,31-,38-,39-,40-,42-,43-,49?/m0/s1. The average Bonchev–Trinajstić information content (AvgIpc) is 4.20. The molecule has 66 heavy (non-hydrogen) atoms. The first-order chi connectivity index (χ1) is 32.0. The second kappa shape index (κ2) is 18.3. The minimum Gasteiger partial charge on any atom is -0.488 e. The number of hydrogen-bond donors (Lipinski definition) is 5. The SMILES string of the molecule is CC[C@H](C)[C@H](NC(O)OC)C(=O)N1[C@H](c2nc3c(ccc4cc5c(cc43)OCc3cc(-c4cnc([C@@H]6CC[C@H](C)N6C(=O)[C@@H](NC(=O)OC)C6CCOCC6)[nH]4)ccc3-5)[nH]2)C[C@@H]2CCC[C@@H]21. The van der Waals surface area contributed by atoms with E-state index in [4.69, 9.17) is 28.9 Å². The van der Waals surface area contributed by atoms with Crippen molar-refractivity contribution in [3.8, 4) is 28.1 Å². The highest BCUT2D eigenvalue weighted by molar-refractivity contribution is 6.07. The van der Waals surface area contributed by atoms with Gasteiger partial charge in [0.1, 0.15) is 30.0 Å². The molecule has 5 aliphatic rings. The molecule has 0 spiro atoms. The van der Waals surface area contributed by atoms with Gasteiger partial charge in [0.15, 0.2) is 0 Å². The van der Waals surface area contributed by atoms with E-state index in [1.165, 1.54) is 14.2 Å². The summed E-state index contributed by atoms with van der Waals surface area (Å²) in [5.41, 5.74) is 6.72. The zero-order valence-corrected chi connectivity index (χ0v) is 38.5. The number of aliphatic hydroxyl groups is 1. The summed E-state index contributed by atoms with van der Waals surface area (Å²) >= 11 is 0. The number of alkyl carbamates (subject to hydrolysis) is 1. The van der Waals surface area contributed by atoms with Crippen LogP contribution >= 0.6 is 0 Å². The number of carbonyl (C=O) groups is 3. The number of aliphatic hydroxyl groups excluding tert-OH is 1. The van der Waals surface area contributed by atoms with Gasteiger partial charge < -0.3 is 49.1 Å². The monoisotopic (exact) mass is 902 g/mol. The van der Waals surface area contributed by atoms with E-state index in [-0.39, 0.29) is 47.8 Å². The fraction of sp³-hybridized carbons (Fsp3) is 0.540. The van der Waals surface area contributed by atoms with Crippen molar-refractivity contribution in [1.29, 1.82) is 0 Å². The highest BCUT2D eigenvalue weighted by Crippen LogP contribution is 2.49. The Morgan fingerprint density at radius 3 is 2.56 bits per heavy atom. The van der Waals surface area contributed by atoms with Crippen molar-refractivity contribution < 1.29 is 38.4 Å². The lowest BCUT2D eigenvalue weighted by molar-refractivity contribution is -0.147. The van der Waals surface area contributed by atoms with Crippen LogP contribution in [0.3, 0.4) is 0 Å². The number of benzene rings is 3. The van der Waals surface area contributed by atoms with Gasteiger partial charge in [0.05, 0.1) is 48.2 Å². The van der Waals surface area contributed by atoms with Gasteiger partial charge in [0.25, 0.3) is 0 Å². The maximum absolute atomic E-state index is 14.5. The number of likely N-dealkylation sites (tertiary alicyclic amines) is 2. The van der Waals surface area contributed by atoms with Crippen molar-refractivity contribution in [2.24, 2.45) is 17.8 Å². The van der Waals surface area contributed by atoms with Crippen molar-refractivity contribution in [1.82, 2.24) is 40.4 Å². The number of aromatic amines is 2. The van der Waals surface area contributed by atoms with Crippen molar-refractivity contribution in [2.75, 3.05) is 27.4 Å². The van der Waals surface area contributed by atoms with Gasteiger partial charge in [-0.1, -0.05) is 44.9 Å². The topological polar surface area (TPSA) is 196 Å². The van der Waals surface area contributed by atoms with Crippen LogP contribution in [-0.4, -0.2) is 111 Å². The Morgan fingerprint density at radius 1 is 0.939 bits per heavy atom. The number of hydrogen-bond acceptors (Lipinski definition) is 11. The highest BCUT2D eigenvalue weighted by atomic mass is 16.6. The number of aromatic nitrogens is 4. The van der Waals surface area contributed by atoms with Crippen molar-refractivity contribution in [2.45, 2.75) is 128 Å². The van der Waals surface area contributed by atoms with Gasteiger partial charge in [-0.3, -0.25) is 14.9 Å². The smallest absolute Gasteiger partial charge is 0.407 e. The van der Waals surface area contributed by atoms with Gasteiger partial charge in [-0.2, -0.15) is 0 Å². The Hall–Kier alpha value is -5.55.